The van der Waals surface area contributed by atoms with Gasteiger partial charge in [-0.3, -0.25) is 0 Å². The summed E-state index contributed by atoms with van der Waals surface area (Å²) in [6.07, 6.45) is 3.25. The Morgan fingerprint density at radius 3 is 2.93 bits per heavy atom. The van der Waals surface area contributed by atoms with Crippen molar-refractivity contribution in [3.8, 4) is 0 Å². The largest absolute Gasteiger partial charge is 0.353 e. The van der Waals surface area contributed by atoms with Crippen LogP contribution in [0, 0.1) is 0 Å². The Labute approximate surface area is 96.6 Å². The number of nitrogens with zero attached hydrogens (tertiary/aromatic N) is 4. The van der Waals surface area contributed by atoms with Gasteiger partial charge in [0.05, 0.1) is 6.54 Å². The van der Waals surface area contributed by atoms with Crippen molar-refractivity contribution in [2.75, 3.05) is 11.9 Å². The van der Waals surface area contributed by atoms with Gasteiger partial charge in [-0.05, 0) is 0 Å². The van der Waals surface area contributed by atoms with Crippen molar-refractivity contribution in [1.82, 2.24) is 15.0 Å². The fraction of sp³-hybridized carbons (Fsp3) is 0.222. The minimum atomic E-state index is 0.450. The fourth-order valence-corrected chi connectivity index (χ4v) is 1.96. The van der Waals surface area contributed by atoms with Crippen LogP contribution in [-0.4, -0.2) is 22.0 Å². The van der Waals surface area contributed by atoms with Crippen LogP contribution in [0.1, 0.15) is 5.01 Å². The molecule has 0 aliphatic rings. The monoisotopic (exact) mass is 240 g/mol. The van der Waals surface area contributed by atoms with E-state index in [2.05, 4.69) is 15.0 Å². The van der Waals surface area contributed by atoms with Crippen molar-refractivity contribution in [2.45, 2.75) is 6.54 Å². The molecule has 0 aliphatic carbocycles. The van der Waals surface area contributed by atoms with E-state index < -0.39 is 0 Å². The van der Waals surface area contributed by atoms with Crippen LogP contribution < -0.4 is 4.90 Å². The summed E-state index contributed by atoms with van der Waals surface area (Å²) >= 11 is 7.40. The van der Waals surface area contributed by atoms with Gasteiger partial charge in [-0.2, -0.15) is 0 Å². The fourth-order valence-electron chi connectivity index (χ4n) is 1.15. The molecule has 15 heavy (non-hydrogen) atoms. The topological polar surface area (TPSA) is 41.9 Å². The molecule has 2 aromatic heterocycles. The third kappa shape index (κ3) is 2.64. The number of rotatable bonds is 3. The SMILES string of the molecule is CN(Cc1nccs1)c1cc(Cl)ncn1. The summed E-state index contributed by atoms with van der Waals surface area (Å²) in [6.45, 7) is 0.727. The maximum atomic E-state index is 5.78. The summed E-state index contributed by atoms with van der Waals surface area (Å²) in [6, 6.07) is 1.73. The maximum Gasteiger partial charge on any atom is 0.134 e. The predicted octanol–water partition coefficient (Wildman–Crippen LogP) is 2.22. The van der Waals surface area contributed by atoms with E-state index in [-0.39, 0.29) is 0 Å². The first-order valence-electron chi connectivity index (χ1n) is 4.33. The molecular weight excluding hydrogens is 232 g/mol. The number of hydrogen-bond donors (Lipinski definition) is 0. The molecule has 2 aromatic rings. The van der Waals surface area contributed by atoms with Crippen molar-refractivity contribution >= 4 is 28.8 Å². The number of thiazole rings is 1. The Balaban J connectivity index is 2.11. The molecule has 0 saturated carbocycles. The molecule has 0 bridgehead atoms. The summed E-state index contributed by atoms with van der Waals surface area (Å²) in [7, 11) is 1.94. The first-order valence-corrected chi connectivity index (χ1v) is 5.58. The van der Waals surface area contributed by atoms with Gasteiger partial charge in [-0.15, -0.1) is 11.3 Å². The molecule has 0 radical (unpaired) electrons. The predicted molar refractivity (Wildman–Crippen MR) is 61.3 cm³/mol. The van der Waals surface area contributed by atoms with E-state index in [9.17, 15) is 0 Å². The van der Waals surface area contributed by atoms with Crippen LogP contribution in [0.2, 0.25) is 5.15 Å². The van der Waals surface area contributed by atoms with Crippen molar-refractivity contribution in [2.24, 2.45) is 0 Å². The van der Waals surface area contributed by atoms with Gasteiger partial charge in [0.2, 0.25) is 0 Å². The third-order valence-electron chi connectivity index (χ3n) is 1.87. The molecule has 0 aliphatic heterocycles. The zero-order valence-corrected chi connectivity index (χ0v) is 9.66. The van der Waals surface area contributed by atoms with Crippen LogP contribution in [0.5, 0.6) is 0 Å². The molecule has 4 nitrogen and oxygen atoms in total. The molecule has 0 atom stereocenters. The van der Waals surface area contributed by atoms with Crippen molar-refractivity contribution < 1.29 is 0 Å². The van der Waals surface area contributed by atoms with E-state index in [0.29, 0.717) is 5.15 Å². The lowest BCUT2D eigenvalue weighted by molar-refractivity contribution is 0.881. The summed E-state index contributed by atoms with van der Waals surface area (Å²) in [5.74, 6) is 0.796. The second-order valence-electron chi connectivity index (χ2n) is 2.98. The molecule has 2 rings (SSSR count). The Morgan fingerprint density at radius 1 is 1.40 bits per heavy atom. The van der Waals surface area contributed by atoms with E-state index in [4.69, 9.17) is 11.6 Å². The minimum absolute atomic E-state index is 0.450. The zero-order chi connectivity index (χ0) is 10.7. The van der Waals surface area contributed by atoms with Gasteiger partial charge in [0.1, 0.15) is 22.3 Å². The van der Waals surface area contributed by atoms with Crippen molar-refractivity contribution in [1.29, 1.82) is 0 Å². The average molecular weight is 241 g/mol. The Hall–Kier alpha value is -1.20. The number of aromatic nitrogens is 3. The van der Waals surface area contributed by atoms with Crippen LogP contribution in [0.25, 0.3) is 0 Å². The van der Waals surface area contributed by atoms with E-state index in [0.717, 1.165) is 17.4 Å². The molecule has 6 heteroatoms. The van der Waals surface area contributed by atoms with E-state index in [1.54, 1.807) is 23.6 Å². The van der Waals surface area contributed by atoms with Crippen LogP contribution in [0.15, 0.2) is 24.0 Å². The summed E-state index contributed by atoms with van der Waals surface area (Å²) in [5.41, 5.74) is 0. The lowest BCUT2D eigenvalue weighted by Gasteiger charge is -2.15. The molecule has 0 spiro atoms. The van der Waals surface area contributed by atoms with E-state index in [1.165, 1.54) is 6.33 Å². The molecule has 0 aromatic carbocycles. The Kier molecular flexibility index (Phi) is 3.13. The Bertz CT molecular complexity index is 431. The Morgan fingerprint density at radius 2 is 2.27 bits per heavy atom. The second-order valence-corrected chi connectivity index (χ2v) is 4.35. The molecule has 78 valence electrons. The minimum Gasteiger partial charge on any atom is -0.353 e. The van der Waals surface area contributed by atoms with Gasteiger partial charge < -0.3 is 4.90 Å². The molecule has 0 saturated heterocycles. The van der Waals surface area contributed by atoms with E-state index in [1.807, 2.05) is 17.3 Å². The van der Waals surface area contributed by atoms with Gasteiger partial charge in [-0.1, -0.05) is 11.6 Å². The zero-order valence-electron chi connectivity index (χ0n) is 8.09. The molecule has 0 fully saturated rings. The molecular formula is C9H9ClN4S. The highest BCUT2D eigenvalue weighted by atomic mass is 35.5. The highest BCUT2D eigenvalue weighted by molar-refractivity contribution is 7.09. The normalized spacial score (nSPS) is 10.3. The summed E-state index contributed by atoms with van der Waals surface area (Å²) in [4.78, 5) is 14.1. The molecule has 2 heterocycles. The quantitative estimate of drug-likeness (QED) is 0.772. The van der Waals surface area contributed by atoms with Gasteiger partial charge in [0.15, 0.2) is 0 Å². The van der Waals surface area contributed by atoms with Crippen molar-refractivity contribution in [3.05, 3.63) is 34.1 Å². The number of halogens is 1. The number of hydrogen-bond acceptors (Lipinski definition) is 5. The summed E-state index contributed by atoms with van der Waals surface area (Å²) in [5, 5.41) is 3.45. The van der Waals surface area contributed by atoms with Crippen LogP contribution in [0.4, 0.5) is 5.82 Å². The molecule has 0 unspecified atom stereocenters. The van der Waals surface area contributed by atoms with Gasteiger partial charge in [0.25, 0.3) is 0 Å². The first kappa shape index (κ1) is 10.3. The standard InChI is InChI=1S/C9H9ClN4S/c1-14(5-9-11-2-3-15-9)8-4-7(10)12-6-13-8/h2-4,6H,5H2,1H3. The average Bonchev–Trinajstić information content (AvgIpc) is 2.70. The molecule has 0 amide bonds. The number of anilines is 1. The lowest BCUT2D eigenvalue weighted by atomic mass is 10.5. The van der Waals surface area contributed by atoms with Crippen LogP contribution in [-0.2, 0) is 6.54 Å². The highest BCUT2D eigenvalue weighted by Gasteiger charge is 2.05. The second kappa shape index (κ2) is 4.55. The van der Waals surface area contributed by atoms with Crippen molar-refractivity contribution in [3.63, 3.8) is 0 Å². The lowest BCUT2D eigenvalue weighted by Crippen LogP contribution is -2.17. The smallest absolute Gasteiger partial charge is 0.134 e. The van der Waals surface area contributed by atoms with Gasteiger partial charge in [0, 0.05) is 24.7 Å². The van der Waals surface area contributed by atoms with Gasteiger partial charge in [-0.25, -0.2) is 15.0 Å². The van der Waals surface area contributed by atoms with Gasteiger partial charge >= 0.3 is 0 Å². The first-order chi connectivity index (χ1) is 7.25. The molecule has 0 N–H and O–H groups in total. The highest BCUT2D eigenvalue weighted by Crippen LogP contribution is 2.15. The maximum absolute atomic E-state index is 5.78. The van der Waals surface area contributed by atoms with Crippen LogP contribution >= 0.6 is 22.9 Å². The van der Waals surface area contributed by atoms with E-state index >= 15 is 0 Å². The van der Waals surface area contributed by atoms with Crippen LogP contribution in [0.3, 0.4) is 0 Å². The third-order valence-corrected chi connectivity index (χ3v) is 2.84. The summed E-state index contributed by atoms with van der Waals surface area (Å²) < 4.78 is 0.